The molecule has 1 aliphatic rings. The molecule has 0 radical (unpaired) electrons. The number of hydrogen-bond acceptors (Lipinski definition) is 3. The summed E-state index contributed by atoms with van der Waals surface area (Å²) in [4.78, 5) is 2.14. The van der Waals surface area contributed by atoms with Crippen molar-refractivity contribution in [2.24, 2.45) is 0 Å². The summed E-state index contributed by atoms with van der Waals surface area (Å²) < 4.78 is 13.2. The largest absolute Gasteiger partial charge is 0.392 e. The lowest BCUT2D eigenvalue weighted by Gasteiger charge is -2.30. The van der Waals surface area contributed by atoms with E-state index in [4.69, 9.17) is 5.11 Å². The Morgan fingerprint density at radius 2 is 2.26 bits per heavy atom. The Morgan fingerprint density at radius 1 is 1.42 bits per heavy atom. The van der Waals surface area contributed by atoms with Gasteiger partial charge in [-0.2, -0.15) is 0 Å². The number of aliphatic hydroxyl groups is 2. The highest BCUT2D eigenvalue weighted by Gasteiger charge is 2.18. The molecule has 1 unspecified atom stereocenters. The average Bonchev–Trinajstić information content (AvgIpc) is 2.39. The van der Waals surface area contributed by atoms with Crippen molar-refractivity contribution in [3.05, 3.63) is 35.1 Å². The van der Waals surface area contributed by atoms with E-state index in [0.717, 1.165) is 24.9 Å². The van der Waals surface area contributed by atoms with Crippen molar-refractivity contribution in [3.63, 3.8) is 0 Å². The Labute approximate surface area is 112 Å². The summed E-state index contributed by atoms with van der Waals surface area (Å²) in [5, 5.41) is 18.4. The fraction of sp³-hybridized carbons (Fsp3) is 0.467. The molecular formula is C15H18FNO2. The van der Waals surface area contributed by atoms with Gasteiger partial charge in [0.05, 0.1) is 6.10 Å². The van der Waals surface area contributed by atoms with Crippen LogP contribution in [0, 0.1) is 17.7 Å². The van der Waals surface area contributed by atoms with Crippen LogP contribution in [0.1, 0.15) is 24.0 Å². The van der Waals surface area contributed by atoms with Gasteiger partial charge in [0, 0.05) is 18.7 Å². The number of hydrogen-bond donors (Lipinski definition) is 2. The van der Waals surface area contributed by atoms with Gasteiger partial charge in [0.25, 0.3) is 0 Å². The second-order valence-electron chi connectivity index (χ2n) is 4.79. The smallest absolute Gasteiger partial charge is 0.124 e. The molecule has 1 saturated heterocycles. The van der Waals surface area contributed by atoms with Gasteiger partial charge >= 0.3 is 0 Å². The SMILES string of the molecule is OCC#Cc1cc(F)ccc1CN1CCCC(O)C1. The summed E-state index contributed by atoms with van der Waals surface area (Å²) in [5.74, 6) is 5.00. The van der Waals surface area contributed by atoms with Crippen LogP contribution in [0.3, 0.4) is 0 Å². The average molecular weight is 263 g/mol. The van der Waals surface area contributed by atoms with Crippen LogP contribution in [0.15, 0.2) is 18.2 Å². The summed E-state index contributed by atoms with van der Waals surface area (Å²) in [5.41, 5.74) is 1.53. The van der Waals surface area contributed by atoms with Gasteiger partial charge in [-0.1, -0.05) is 17.9 Å². The molecule has 2 rings (SSSR count). The maximum atomic E-state index is 13.2. The molecular weight excluding hydrogens is 245 g/mol. The highest BCUT2D eigenvalue weighted by molar-refractivity contribution is 5.41. The third-order valence-corrected chi connectivity index (χ3v) is 3.25. The molecule has 2 N–H and O–H groups in total. The van der Waals surface area contributed by atoms with Crippen LogP contribution >= 0.6 is 0 Å². The van der Waals surface area contributed by atoms with Gasteiger partial charge in [0.2, 0.25) is 0 Å². The molecule has 0 saturated carbocycles. The van der Waals surface area contributed by atoms with Gasteiger partial charge < -0.3 is 10.2 Å². The lowest BCUT2D eigenvalue weighted by molar-refractivity contribution is 0.0668. The molecule has 0 aromatic heterocycles. The molecule has 1 aliphatic heterocycles. The number of likely N-dealkylation sites (tertiary alicyclic amines) is 1. The molecule has 1 fully saturated rings. The number of benzene rings is 1. The van der Waals surface area contributed by atoms with Crippen molar-refractivity contribution in [1.29, 1.82) is 0 Å². The minimum Gasteiger partial charge on any atom is -0.392 e. The minimum atomic E-state index is -0.329. The number of halogens is 1. The molecule has 102 valence electrons. The zero-order valence-electron chi connectivity index (χ0n) is 10.8. The maximum absolute atomic E-state index is 13.2. The van der Waals surface area contributed by atoms with E-state index in [0.29, 0.717) is 18.7 Å². The van der Waals surface area contributed by atoms with Crippen LogP contribution < -0.4 is 0 Å². The monoisotopic (exact) mass is 263 g/mol. The molecule has 1 atom stereocenters. The molecule has 1 aromatic rings. The molecule has 0 amide bonds. The molecule has 0 spiro atoms. The van der Waals surface area contributed by atoms with Crippen molar-refractivity contribution in [1.82, 2.24) is 4.90 Å². The molecule has 1 heterocycles. The van der Waals surface area contributed by atoms with Crippen LogP contribution in [0.5, 0.6) is 0 Å². The molecule has 3 nitrogen and oxygen atoms in total. The molecule has 19 heavy (non-hydrogen) atoms. The third-order valence-electron chi connectivity index (χ3n) is 3.25. The number of piperidine rings is 1. The topological polar surface area (TPSA) is 43.7 Å². The third kappa shape index (κ3) is 4.03. The van der Waals surface area contributed by atoms with Crippen LogP contribution in [-0.4, -0.2) is 40.9 Å². The quantitative estimate of drug-likeness (QED) is 0.786. The van der Waals surface area contributed by atoms with E-state index in [1.54, 1.807) is 6.07 Å². The minimum absolute atomic E-state index is 0.238. The number of β-amino-alcohol motifs (C(OH)–C–C–N with tert-alkyl or cyclic N) is 1. The van der Waals surface area contributed by atoms with Crippen molar-refractivity contribution in [2.45, 2.75) is 25.5 Å². The second kappa shape index (κ2) is 6.67. The van der Waals surface area contributed by atoms with E-state index in [9.17, 15) is 9.50 Å². The van der Waals surface area contributed by atoms with E-state index in [1.807, 2.05) is 0 Å². The molecule has 4 heteroatoms. The van der Waals surface area contributed by atoms with Crippen molar-refractivity contribution >= 4 is 0 Å². The number of rotatable bonds is 2. The first-order valence-electron chi connectivity index (χ1n) is 6.47. The van der Waals surface area contributed by atoms with Crippen molar-refractivity contribution < 1.29 is 14.6 Å². The van der Waals surface area contributed by atoms with Gasteiger partial charge in [-0.3, -0.25) is 4.90 Å². The van der Waals surface area contributed by atoms with E-state index in [-0.39, 0.29) is 18.5 Å². The van der Waals surface area contributed by atoms with Gasteiger partial charge in [0.1, 0.15) is 12.4 Å². The van der Waals surface area contributed by atoms with E-state index in [1.165, 1.54) is 12.1 Å². The van der Waals surface area contributed by atoms with Crippen LogP contribution in [-0.2, 0) is 6.54 Å². The molecule has 1 aromatic carbocycles. The van der Waals surface area contributed by atoms with E-state index in [2.05, 4.69) is 16.7 Å². The Morgan fingerprint density at radius 3 is 3.00 bits per heavy atom. The van der Waals surface area contributed by atoms with Crippen LogP contribution in [0.25, 0.3) is 0 Å². The summed E-state index contributed by atoms with van der Waals surface area (Å²) >= 11 is 0. The standard InChI is InChI=1S/C15H18FNO2/c16-14-6-5-13(12(9-14)3-2-8-18)10-17-7-1-4-15(19)11-17/h5-6,9,15,18-19H,1,4,7-8,10-11H2. The Balaban J connectivity index is 2.14. The highest BCUT2D eigenvalue weighted by Crippen LogP contribution is 2.17. The number of aliphatic hydroxyl groups excluding tert-OH is 2. The fourth-order valence-electron chi connectivity index (χ4n) is 2.35. The predicted octanol–water partition coefficient (Wildman–Crippen LogP) is 1.13. The van der Waals surface area contributed by atoms with Crippen LogP contribution in [0.2, 0.25) is 0 Å². The van der Waals surface area contributed by atoms with Gasteiger partial charge in [-0.25, -0.2) is 4.39 Å². The Bertz CT molecular complexity index is 493. The number of nitrogens with zero attached hydrogens (tertiary/aromatic N) is 1. The second-order valence-corrected chi connectivity index (χ2v) is 4.79. The van der Waals surface area contributed by atoms with E-state index < -0.39 is 0 Å². The first-order valence-corrected chi connectivity index (χ1v) is 6.47. The first-order chi connectivity index (χ1) is 9.19. The lowest BCUT2D eigenvalue weighted by Crippen LogP contribution is -2.37. The zero-order chi connectivity index (χ0) is 13.7. The maximum Gasteiger partial charge on any atom is 0.124 e. The summed E-state index contributed by atoms with van der Waals surface area (Å²) in [6, 6.07) is 4.52. The van der Waals surface area contributed by atoms with Crippen LogP contribution in [0.4, 0.5) is 4.39 Å². The zero-order valence-corrected chi connectivity index (χ0v) is 10.8. The molecule has 0 aliphatic carbocycles. The lowest BCUT2D eigenvalue weighted by atomic mass is 10.0. The van der Waals surface area contributed by atoms with Gasteiger partial charge in [-0.15, -0.1) is 0 Å². The first kappa shape index (κ1) is 14.0. The Kier molecular flexibility index (Phi) is 4.92. The summed E-state index contributed by atoms with van der Waals surface area (Å²) in [6.07, 6.45) is 1.54. The van der Waals surface area contributed by atoms with Crippen molar-refractivity contribution in [3.8, 4) is 11.8 Å². The summed E-state index contributed by atoms with van der Waals surface area (Å²) in [6.45, 7) is 1.98. The highest BCUT2D eigenvalue weighted by atomic mass is 19.1. The van der Waals surface area contributed by atoms with Gasteiger partial charge in [0.15, 0.2) is 0 Å². The Hall–Kier alpha value is -1.41. The molecule has 0 bridgehead atoms. The predicted molar refractivity (Wildman–Crippen MR) is 70.9 cm³/mol. The summed E-state index contributed by atoms with van der Waals surface area (Å²) in [7, 11) is 0. The van der Waals surface area contributed by atoms with Crippen molar-refractivity contribution in [2.75, 3.05) is 19.7 Å². The normalized spacial score (nSPS) is 19.8. The van der Waals surface area contributed by atoms with E-state index >= 15 is 0 Å². The fourth-order valence-corrected chi connectivity index (χ4v) is 2.35. The van der Waals surface area contributed by atoms with Gasteiger partial charge in [-0.05, 0) is 37.1 Å².